The maximum Gasteiger partial charge on any atom is 0.0970 e. The number of hydrogen-bond donors (Lipinski definition) is 1. The second-order valence-corrected chi connectivity index (χ2v) is 4.27. The molecule has 1 N–H and O–H groups in total. The largest absolute Gasteiger partial charge is 0.387 e. The lowest BCUT2D eigenvalue weighted by Crippen LogP contribution is -2.27. The lowest BCUT2D eigenvalue weighted by molar-refractivity contribution is 0.0506. The van der Waals surface area contributed by atoms with E-state index in [1.165, 1.54) is 0 Å². The SMILES string of the molecule is CC(C)C1CCn2cccc2C1O. The monoisotopic (exact) mass is 179 g/mol. The maximum absolute atomic E-state index is 10.1. The third-order valence-electron chi connectivity index (χ3n) is 3.13. The number of rotatable bonds is 1. The molecule has 2 atom stereocenters. The molecule has 0 aromatic carbocycles. The van der Waals surface area contributed by atoms with Crippen molar-refractivity contribution in [3.8, 4) is 0 Å². The van der Waals surface area contributed by atoms with Crippen LogP contribution in [-0.4, -0.2) is 9.67 Å². The molecule has 2 nitrogen and oxygen atoms in total. The summed E-state index contributed by atoms with van der Waals surface area (Å²) in [5.41, 5.74) is 1.09. The molecule has 2 heterocycles. The molecule has 0 saturated heterocycles. The standard InChI is InChI=1S/C11H17NO/c1-8(2)9-5-7-12-6-3-4-10(12)11(9)13/h3-4,6,8-9,11,13H,5,7H2,1-2H3. The molecule has 0 bridgehead atoms. The van der Waals surface area contributed by atoms with Crippen molar-refractivity contribution in [2.24, 2.45) is 11.8 Å². The number of aliphatic hydroxyl groups excluding tert-OH is 1. The van der Waals surface area contributed by atoms with Crippen LogP contribution in [-0.2, 0) is 6.54 Å². The summed E-state index contributed by atoms with van der Waals surface area (Å²) in [5, 5.41) is 10.1. The van der Waals surface area contributed by atoms with Crippen LogP contribution in [0.5, 0.6) is 0 Å². The second kappa shape index (κ2) is 3.18. The predicted molar refractivity (Wildman–Crippen MR) is 52.3 cm³/mol. The van der Waals surface area contributed by atoms with Crippen LogP contribution in [0.3, 0.4) is 0 Å². The molecule has 13 heavy (non-hydrogen) atoms. The Balaban J connectivity index is 2.27. The van der Waals surface area contributed by atoms with Crippen molar-refractivity contribution in [1.82, 2.24) is 4.57 Å². The van der Waals surface area contributed by atoms with Gasteiger partial charge >= 0.3 is 0 Å². The highest BCUT2D eigenvalue weighted by atomic mass is 16.3. The molecule has 0 radical (unpaired) electrons. The van der Waals surface area contributed by atoms with Gasteiger partial charge in [-0.1, -0.05) is 13.8 Å². The number of nitrogens with zero attached hydrogens (tertiary/aromatic N) is 1. The van der Waals surface area contributed by atoms with Gasteiger partial charge in [0.15, 0.2) is 0 Å². The summed E-state index contributed by atoms with van der Waals surface area (Å²) in [4.78, 5) is 0. The van der Waals surface area contributed by atoms with E-state index >= 15 is 0 Å². The molecule has 0 spiro atoms. The van der Waals surface area contributed by atoms with Gasteiger partial charge in [-0.25, -0.2) is 0 Å². The van der Waals surface area contributed by atoms with E-state index in [4.69, 9.17) is 0 Å². The van der Waals surface area contributed by atoms with Gasteiger partial charge in [-0.15, -0.1) is 0 Å². The fourth-order valence-electron chi connectivity index (χ4n) is 2.26. The van der Waals surface area contributed by atoms with Crippen LogP contribution in [0.4, 0.5) is 0 Å². The van der Waals surface area contributed by atoms with Gasteiger partial charge < -0.3 is 9.67 Å². The molecule has 72 valence electrons. The molecule has 2 unspecified atom stereocenters. The third kappa shape index (κ3) is 1.39. The van der Waals surface area contributed by atoms with Crippen LogP contribution in [0.2, 0.25) is 0 Å². The van der Waals surface area contributed by atoms with Crippen LogP contribution >= 0.6 is 0 Å². The van der Waals surface area contributed by atoms with Crippen molar-refractivity contribution in [2.75, 3.05) is 0 Å². The first kappa shape index (κ1) is 8.82. The van der Waals surface area contributed by atoms with Gasteiger partial charge in [0.1, 0.15) is 0 Å². The van der Waals surface area contributed by atoms with Crippen LogP contribution in [0.15, 0.2) is 18.3 Å². The van der Waals surface area contributed by atoms with Crippen molar-refractivity contribution < 1.29 is 5.11 Å². The number of aliphatic hydroxyl groups is 1. The first-order valence-electron chi connectivity index (χ1n) is 5.03. The minimum absolute atomic E-state index is 0.260. The van der Waals surface area contributed by atoms with Crippen molar-refractivity contribution >= 4 is 0 Å². The molecule has 0 aliphatic carbocycles. The van der Waals surface area contributed by atoms with Crippen LogP contribution in [0, 0.1) is 11.8 Å². The van der Waals surface area contributed by atoms with Gasteiger partial charge in [0.25, 0.3) is 0 Å². The van der Waals surface area contributed by atoms with E-state index < -0.39 is 0 Å². The molecular formula is C11H17NO. The first-order valence-corrected chi connectivity index (χ1v) is 5.03. The minimum atomic E-state index is -0.260. The van der Waals surface area contributed by atoms with Gasteiger partial charge in [-0.3, -0.25) is 0 Å². The highest BCUT2D eigenvalue weighted by Crippen LogP contribution is 2.35. The summed E-state index contributed by atoms with van der Waals surface area (Å²) in [6.45, 7) is 5.43. The Labute approximate surface area is 79.2 Å². The quantitative estimate of drug-likeness (QED) is 0.702. The van der Waals surface area contributed by atoms with Crippen molar-refractivity contribution in [3.63, 3.8) is 0 Å². The van der Waals surface area contributed by atoms with Crippen molar-refractivity contribution in [3.05, 3.63) is 24.0 Å². The van der Waals surface area contributed by atoms with Crippen molar-refractivity contribution in [2.45, 2.75) is 32.9 Å². The van der Waals surface area contributed by atoms with E-state index in [2.05, 4.69) is 24.6 Å². The topological polar surface area (TPSA) is 25.2 Å². The lowest BCUT2D eigenvalue weighted by atomic mass is 9.84. The maximum atomic E-state index is 10.1. The van der Waals surface area contributed by atoms with Crippen molar-refractivity contribution in [1.29, 1.82) is 0 Å². The number of aromatic nitrogens is 1. The number of hydrogen-bond acceptors (Lipinski definition) is 1. The summed E-state index contributed by atoms with van der Waals surface area (Å²) < 4.78 is 2.16. The zero-order valence-electron chi connectivity index (χ0n) is 8.27. The number of aryl methyl sites for hydroxylation is 1. The van der Waals surface area contributed by atoms with E-state index in [1.54, 1.807) is 0 Å². The number of fused-ring (bicyclic) bond motifs is 1. The van der Waals surface area contributed by atoms with Gasteiger partial charge in [0.2, 0.25) is 0 Å². The highest BCUT2D eigenvalue weighted by Gasteiger charge is 2.29. The molecule has 1 aliphatic heterocycles. The fraction of sp³-hybridized carbons (Fsp3) is 0.636. The molecule has 0 saturated carbocycles. The summed E-state index contributed by atoms with van der Waals surface area (Å²) in [6.07, 6.45) is 2.89. The lowest BCUT2D eigenvalue weighted by Gasteiger charge is -2.32. The smallest absolute Gasteiger partial charge is 0.0970 e. The summed E-state index contributed by atoms with van der Waals surface area (Å²) in [5.74, 6) is 1.00. The molecule has 2 heteroatoms. The Bertz CT molecular complexity index is 290. The van der Waals surface area contributed by atoms with E-state index in [-0.39, 0.29) is 6.10 Å². The predicted octanol–water partition coefficient (Wildman–Crippen LogP) is 2.20. The molecule has 1 aromatic rings. The Morgan fingerprint density at radius 3 is 3.00 bits per heavy atom. The Morgan fingerprint density at radius 1 is 1.54 bits per heavy atom. The fourth-order valence-corrected chi connectivity index (χ4v) is 2.26. The van der Waals surface area contributed by atoms with E-state index in [0.717, 1.165) is 18.7 Å². The molecular weight excluding hydrogens is 162 g/mol. The van der Waals surface area contributed by atoms with E-state index in [9.17, 15) is 5.11 Å². The van der Waals surface area contributed by atoms with E-state index in [1.807, 2.05) is 12.1 Å². The summed E-state index contributed by atoms with van der Waals surface area (Å²) in [7, 11) is 0. The van der Waals surface area contributed by atoms with E-state index in [0.29, 0.717) is 11.8 Å². The average Bonchev–Trinajstić information content (AvgIpc) is 2.52. The first-order chi connectivity index (χ1) is 6.20. The average molecular weight is 179 g/mol. The second-order valence-electron chi connectivity index (χ2n) is 4.27. The Hall–Kier alpha value is -0.760. The van der Waals surface area contributed by atoms with Gasteiger partial charge in [-0.2, -0.15) is 0 Å². The summed E-state index contributed by atoms with van der Waals surface area (Å²) >= 11 is 0. The van der Waals surface area contributed by atoms with Gasteiger partial charge in [0.05, 0.1) is 6.10 Å². The third-order valence-corrected chi connectivity index (χ3v) is 3.13. The zero-order chi connectivity index (χ0) is 9.42. The van der Waals surface area contributed by atoms with Crippen LogP contribution < -0.4 is 0 Å². The highest BCUT2D eigenvalue weighted by molar-refractivity contribution is 5.13. The molecule has 0 fully saturated rings. The molecule has 1 aromatic heterocycles. The molecule has 2 rings (SSSR count). The minimum Gasteiger partial charge on any atom is -0.387 e. The normalized spacial score (nSPS) is 27.7. The van der Waals surface area contributed by atoms with Crippen LogP contribution in [0.1, 0.15) is 32.1 Å². The zero-order valence-corrected chi connectivity index (χ0v) is 8.27. The van der Waals surface area contributed by atoms with Gasteiger partial charge in [0, 0.05) is 18.4 Å². The van der Waals surface area contributed by atoms with Gasteiger partial charge in [-0.05, 0) is 30.4 Å². The summed E-state index contributed by atoms with van der Waals surface area (Å²) in [6, 6.07) is 4.04. The Kier molecular flexibility index (Phi) is 2.16. The molecule has 0 amide bonds. The Morgan fingerprint density at radius 2 is 2.31 bits per heavy atom. The van der Waals surface area contributed by atoms with Crippen LogP contribution in [0.25, 0.3) is 0 Å². The molecule has 1 aliphatic rings.